The second-order valence-corrected chi connectivity index (χ2v) is 7.19. The molecule has 0 aromatic heterocycles. The van der Waals surface area contributed by atoms with Gasteiger partial charge in [-0.2, -0.15) is 0 Å². The van der Waals surface area contributed by atoms with Gasteiger partial charge >= 0.3 is 0 Å². The van der Waals surface area contributed by atoms with Crippen molar-refractivity contribution in [3.8, 4) is 5.75 Å². The van der Waals surface area contributed by atoms with Crippen molar-refractivity contribution < 1.29 is 14.3 Å². The number of likely N-dealkylation sites (N-methyl/N-ethyl adjacent to an activating group) is 1. The van der Waals surface area contributed by atoms with Crippen molar-refractivity contribution in [2.75, 3.05) is 20.2 Å². The number of carbonyl (C=O) groups is 2. The van der Waals surface area contributed by atoms with Crippen LogP contribution in [0, 0.1) is 0 Å². The van der Waals surface area contributed by atoms with Crippen LogP contribution in [0.25, 0.3) is 0 Å². The molecule has 0 spiro atoms. The maximum atomic E-state index is 11.6. The van der Waals surface area contributed by atoms with Gasteiger partial charge in [0, 0.05) is 13.2 Å². The van der Waals surface area contributed by atoms with Crippen LogP contribution in [0.5, 0.6) is 5.75 Å². The van der Waals surface area contributed by atoms with Crippen LogP contribution < -0.4 is 10.1 Å². The van der Waals surface area contributed by atoms with E-state index in [1.54, 1.807) is 0 Å². The summed E-state index contributed by atoms with van der Waals surface area (Å²) in [6.07, 6.45) is 9.36. The zero-order chi connectivity index (χ0) is 18.4. The number of thioether (sulfide) groups is 1. The number of rotatable bonds is 6. The average molecular weight is 371 g/mol. The van der Waals surface area contributed by atoms with Crippen molar-refractivity contribution in [3.05, 3.63) is 54.3 Å². The molecule has 0 radical (unpaired) electrons. The van der Waals surface area contributed by atoms with Crippen LogP contribution in [0.2, 0.25) is 0 Å². The van der Waals surface area contributed by atoms with Gasteiger partial charge in [0.2, 0.25) is 5.91 Å². The van der Waals surface area contributed by atoms with E-state index in [1.807, 2.05) is 54.6 Å². The van der Waals surface area contributed by atoms with Crippen molar-refractivity contribution in [2.24, 2.45) is 4.99 Å². The maximum absolute atomic E-state index is 11.6. The van der Waals surface area contributed by atoms with Crippen molar-refractivity contribution in [3.63, 3.8) is 0 Å². The van der Waals surface area contributed by atoms with Gasteiger partial charge in [0.05, 0.1) is 11.8 Å². The number of nitrogens with zero attached hydrogens (tertiary/aromatic N) is 2. The Morgan fingerprint density at radius 1 is 1.27 bits per heavy atom. The number of ether oxygens (including phenoxy) is 1. The normalized spacial score (nSPS) is 19.1. The minimum atomic E-state index is -0.342. The van der Waals surface area contributed by atoms with Crippen molar-refractivity contribution >= 4 is 28.7 Å². The molecule has 1 atom stereocenters. The topological polar surface area (TPSA) is 71.0 Å². The third kappa shape index (κ3) is 4.98. The van der Waals surface area contributed by atoms with Crippen molar-refractivity contribution in [1.82, 2.24) is 10.2 Å². The SMILES string of the molecule is CN(CCOc1ccc(CC2SC(=O)NC2=O)cc1)C1=NC=CCC=C1. The molecule has 1 fully saturated rings. The summed E-state index contributed by atoms with van der Waals surface area (Å²) >= 11 is 1.05. The van der Waals surface area contributed by atoms with Gasteiger partial charge in [0.15, 0.2) is 0 Å². The molecule has 2 amide bonds. The zero-order valence-corrected chi connectivity index (χ0v) is 15.4. The van der Waals surface area contributed by atoms with Gasteiger partial charge in [-0.05, 0) is 36.6 Å². The second kappa shape index (κ2) is 8.71. The first kappa shape index (κ1) is 18.3. The number of allylic oxidation sites excluding steroid dienone is 2. The molecule has 2 aliphatic heterocycles. The Morgan fingerprint density at radius 2 is 2.08 bits per heavy atom. The molecule has 7 heteroatoms. The molecular weight excluding hydrogens is 350 g/mol. The molecule has 2 aliphatic rings. The van der Waals surface area contributed by atoms with Gasteiger partial charge in [0.25, 0.3) is 5.24 Å². The van der Waals surface area contributed by atoms with E-state index < -0.39 is 0 Å². The minimum Gasteiger partial charge on any atom is -0.492 e. The molecule has 0 bridgehead atoms. The van der Waals surface area contributed by atoms with E-state index in [1.165, 1.54) is 0 Å². The van der Waals surface area contributed by atoms with Gasteiger partial charge in [-0.15, -0.1) is 0 Å². The van der Waals surface area contributed by atoms with Crippen molar-refractivity contribution in [1.29, 1.82) is 0 Å². The average Bonchev–Trinajstić information content (AvgIpc) is 2.83. The molecule has 0 aliphatic carbocycles. The number of hydrogen-bond acceptors (Lipinski definition) is 6. The first-order chi connectivity index (χ1) is 12.6. The Kier molecular flexibility index (Phi) is 6.12. The molecular formula is C19H21N3O3S. The second-order valence-electron chi connectivity index (χ2n) is 6.01. The van der Waals surface area contributed by atoms with Crippen LogP contribution >= 0.6 is 11.8 Å². The minimum absolute atomic E-state index is 0.214. The van der Waals surface area contributed by atoms with E-state index in [2.05, 4.69) is 16.4 Å². The highest BCUT2D eigenvalue weighted by Crippen LogP contribution is 2.23. The molecule has 26 heavy (non-hydrogen) atoms. The molecule has 1 aromatic rings. The molecule has 0 saturated carbocycles. The molecule has 136 valence electrons. The summed E-state index contributed by atoms with van der Waals surface area (Å²) in [6, 6.07) is 7.64. The number of nitrogens with one attached hydrogen (secondary N) is 1. The smallest absolute Gasteiger partial charge is 0.286 e. The fourth-order valence-electron chi connectivity index (χ4n) is 2.59. The number of aliphatic imine (C=N–C) groups is 1. The standard InChI is InChI=1S/C19H21N3O3S/c1-22(17-5-3-2-4-10-20-17)11-12-25-15-8-6-14(7-9-15)13-16-18(23)21-19(24)26-16/h3-10,16H,2,11-13H2,1H3,(H,21,23,24). The number of carbonyl (C=O) groups excluding carboxylic acids is 2. The van der Waals surface area contributed by atoms with E-state index in [4.69, 9.17) is 4.74 Å². The predicted molar refractivity (Wildman–Crippen MR) is 104 cm³/mol. The highest BCUT2D eigenvalue weighted by atomic mass is 32.2. The Morgan fingerprint density at radius 3 is 2.81 bits per heavy atom. The van der Waals surface area contributed by atoms with E-state index in [0.29, 0.717) is 13.0 Å². The maximum Gasteiger partial charge on any atom is 0.286 e. The van der Waals surface area contributed by atoms with E-state index in [0.717, 1.165) is 41.9 Å². The number of benzene rings is 1. The molecule has 6 nitrogen and oxygen atoms in total. The predicted octanol–water partition coefficient (Wildman–Crippen LogP) is 2.76. The number of hydrogen-bond donors (Lipinski definition) is 1. The largest absolute Gasteiger partial charge is 0.492 e. The summed E-state index contributed by atoms with van der Waals surface area (Å²) in [7, 11) is 1.99. The van der Waals surface area contributed by atoms with Gasteiger partial charge in [-0.25, -0.2) is 4.99 Å². The molecule has 2 heterocycles. The van der Waals surface area contributed by atoms with Crippen LogP contribution in [0.4, 0.5) is 4.79 Å². The van der Waals surface area contributed by atoms with Gasteiger partial charge < -0.3 is 9.64 Å². The third-order valence-electron chi connectivity index (χ3n) is 4.05. The number of amidine groups is 1. The van der Waals surface area contributed by atoms with E-state index in [9.17, 15) is 9.59 Å². The highest BCUT2D eigenvalue weighted by molar-refractivity contribution is 8.15. The zero-order valence-electron chi connectivity index (χ0n) is 14.6. The summed E-state index contributed by atoms with van der Waals surface area (Å²) in [4.78, 5) is 29.2. The first-order valence-corrected chi connectivity index (χ1v) is 9.33. The summed E-state index contributed by atoms with van der Waals surface area (Å²) < 4.78 is 5.78. The van der Waals surface area contributed by atoms with Gasteiger partial charge in [-0.3, -0.25) is 14.9 Å². The molecule has 1 unspecified atom stereocenters. The lowest BCUT2D eigenvalue weighted by Crippen LogP contribution is -2.29. The lowest BCUT2D eigenvalue weighted by atomic mass is 10.1. The van der Waals surface area contributed by atoms with Crippen LogP contribution in [-0.4, -0.2) is 47.3 Å². The number of amides is 2. The van der Waals surface area contributed by atoms with Crippen LogP contribution in [0.15, 0.2) is 53.7 Å². The Balaban J connectivity index is 1.46. The van der Waals surface area contributed by atoms with Crippen LogP contribution in [-0.2, 0) is 11.2 Å². The Labute approximate surface area is 157 Å². The third-order valence-corrected chi connectivity index (χ3v) is 5.03. The molecule has 1 saturated heterocycles. The van der Waals surface area contributed by atoms with Crippen LogP contribution in [0.3, 0.4) is 0 Å². The molecule has 1 aromatic carbocycles. The first-order valence-electron chi connectivity index (χ1n) is 8.45. The lowest BCUT2D eigenvalue weighted by Gasteiger charge is -2.18. The molecule has 1 N–H and O–H groups in total. The fourth-order valence-corrected chi connectivity index (χ4v) is 3.45. The van der Waals surface area contributed by atoms with Crippen molar-refractivity contribution in [2.45, 2.75) is 18.1 Å². The summed E-state index contributed by atoms with van der Waals surface area (Å²) in [5.41, 5.74) is 1.00. The number of imide groups is 1. The lowest BCUT2D eigenvalue weighted by molar-refractivity contribution is -0.118. The van der Waals surface area contributed by atoms with Gasteiger partial charge in [0.1, 0.15) is 18.2 Å². The Bertz CT molecular complexity index is 756. The quantitative estimate of drug-likeness (QED) is 0.833. The Hall–Kier alpha value is -2.54. The molecule has 3 rings (SSSR count). The monoisotopic (exact) mass is 371 g/mol. The van der Waals surface area contributed by atoms with E-state index in [-0.39, 0.29) is 16.4 Å². The summed E-state index contributed by atoms with van der Waals surface area (Å²) in [5.74, 6) is 1.48. The van der Waals surface area contributed by atoms with E-state index >= 15 is 0 Å². The fraction of sp³-hybridized carbons (Fsp3) is 0.316. The van der Waals surface area contributed by atoms with Gasteiger partial charge in [-0.1, -0.05) is 36.0 Å². The highest BCUT2D eigenvalue weighted by Gasteiger charge is 2.31. The summed E-state index contributed by atoms with van der Waals surface area (Å²) in [5, 5.41) is 1.69. The van der Waals surface area contributed by atoms with Crippen LogP contribution in [0.1, 0.15) is 12.0 Å². The summed E-state index contributed by atoms with van der Waals surface area (Å²) in [6.45, 7) is 1.27.